The Hall–Kier alpha value is -7.33. The second-order valence-corrected chi connectivity index (χ2v) is 18.8. The van der Waals surface area contributed by atoms with E-state index in [2.05, 4.69) is 78.2 Å². The molecule has 0 amide bonds. The number of aryl methyl sites for hydroxylation is 1. The monoisotopic (exact) mass is 1090 g/mol. The molecule has 342 valence electrons. The topological polar surface area (TPSA) is 35.9 Å². The molecule has 11 rings (SSSR count). The van der Waals surface area contributed by atoms with Gasteiger partial charge in [-0.2, -0.15) is 18.2 Å². The van der Waals surface area contributed by atoms with Crippen LogP contribution in [0.5, 0.6) is 11.5 Å². The molecule has 0 atom stereocenters. The van der Waals surface area contributed by atoms with Crippen LogP contribution in [0.25, 0.3) is 83.4 Å². The summed E-state index contributed by atoms with van der Waals surface area (Å²) in [5.41, 5.74) is 6.46. The number of hydrogen-bond acceptors (Lipinski definition) is 2. The molecule has 11 aromatic rings. The quantitative estimate of drug-likeness (QED) is 0.112. The fraction of sp³-hybridized carbons (Fsp3) is 0.143. The van der Waals surface area contributed by atoms with Crippen molar-refractivity contribution in [2.45, 2.75) is 59.2 Å². The SMILES string of the molecule is [2H]c1c([2H])c([2H])c(-c2cnc(-n3c4[c-]c(Oc5[c-]c(-n6[c-][n+](-c7c(-c8cccc(C(C)(C)C)c8)cc(C(C)(C)C)cc7-c7c([2H])c([2H])c([2H])c([2H])c7[2H])c7ccccc76)ccc5)ccc4c4ccccc43)cc2C([2H])([2H])[2H])c([2H])c1[2H].[Pt]. The van der Waals surface area contributed by atoms with Gasteiger partial charge in [0, 0.05) is 54.0 Å². The molecule has 0 unspecified atom stereocenters. The van der Waals surface area contributed by atoms with Crippen LogP contribution in [0.1, 0.15) is 76.1 Å². The molecule has 0 spiro atoms. The normalized spacial score (nSPS) is 14.7. The minimum Gasteiger partial charge on any atom is -0.510 e. The Kier molecular flexibility index (Phi) is 8.44. The van der Waals surface area contributed by atoms with Crippen molar-refractivity contribution in [3.8, 4) is 62.1 Å². The molecule has 6 heteroatoms. The summed E-state index contributed by atoms with van der Waals surface area (Å²) in [5, 5.41) is 1.57. The average molecular weight is 1090 g/mol. The number of rotatable bonds is 8. The van der Waals surface area contributed by atoms with Gasteiger partial charge in [-0.1, -0.05) is 186 Å². The predicted molar refractivity (Wildman–Crippen MR) is 278 cm³/mol. The second-order valence-electron chi connectivity index (χ2n) is 18.8. The van der Waals surface area contributed by atoms with Crippen molar-refractivity contribution < 1.29 is 48.2 Å². The van der Waals surface area contributed by atoms with Crippen molar-refractivity contribution in [2.24, 2.45) is 0 Å². The summed E-state index contributed by atoms with van der Waals surface area (Å²) in [6.07, 6.45) is 4.85. The number of benzene rings is 8. The van der Waals surface area contributed by atoms with Gasteiger partial charge < -0.3 is 13.9 Å². The molecule has 0 radical (unpaired) electrons. The van der Waals surface area contributed by atoms with E-state index in [1.54, 1.807) is 16.7 Å². The molecule has 3 heterocycles. The second kappa shape index (κ2) is 18.0. The van der Waals surface area contributed by atoms with Gasteiger partial charge in [-0.05, 0) is 85.4 Å². The summed E-state index contributed by atoms with van der Waals surface area (Å²) >= 11 is 0. The van der Waals surface area contributed by atoms with Crippen LogP contribution in [0.3, 0.4) is 0 Å². The number of aromatic nitrogens is 4. The summed E-state index contributed by atoms with van der Waals surface area (Å²) < 4.78 is 125. The first-order valence-corrected chi connectivity index (χ1v) is 22.3. The van der Waals surface area contributed by atoms with Crippen LogP contribution in [-0.2, 0) is 31.9 Å². The molecule has 0 aliphatic carbocycles. The van der Waals surface area contributed by atoms with Crippen LogP contribution in [0.15, 0.2) is 188 Å². The van der Waals surface area contributed by atoms with Crippen molar-refractivity contribution in [3.05, 3.63) is 223 Å². The molecule has 0 saturated carbocycles. The maximum absolute atomic E-state index is 9.32. The molecule has 5 nitrogen and oxygen atoms in total. The zero-order valence-corrected chi connectivity index (χ0v) is 40.9. The molecule has 0 bridgehead atoms. The average Bonchev–Trinajstić information content (AvgIpc) is 4.09. The Morgan fingerprint density at radius 3 is 1.97 bits per heavy atom. The van der Waals surface area contributed by atoms with E-state index in [4.69, 9.17) is 24.8 Å². The Balaban J connectivity index is 0.00000753. The van der Waals surface area contributed by atoms with Crippen LogP contribution < -0.4 is 9.30 Å². The fourth-order valence-corrected chi connectivity index (χ4v) is 8.73. The van der Waals surface area contributed by atoms with Crippen molar-refractivity contribution in [3.63, 3.8) is 0 Å². The van der Waals surface area contributed by atoms with E-state index in [1.807, 2.05) is 94.1 Å². The molecule has 0 fully saturated rings. The summed E-state index contributed by atoms with van der Waals surface area (Å²) in [7, 11) is 0. The van der Waals surface area contributed by atoms with Crippen LogP contribution in [0.4, 0.5) is 0 Å². The minimum absolute atomic E-state index is 0. The third-order valence-electron chi connectivity index (χ3n) is 12.2. The van der Waals surface area contributed by atoms with Crippen LogP contribution in [-0.4, -0.2) is 14.1 Å². The minimum atomic E-state index is -2.79. The number of pyridine rings is 1. The van der Waals surface area contributed by atoms with Gasteiger partial charge in [0.05, 0.1) is 30.4 Å². The molecule has 0 N–H and O–H groups in total. The van der Waals surface area contributed by atoms with Gasteiger partial charge in [0.2, 0.25) is 0 Å². The van der Waals surface area contributed by atoms with Crippen molar-refractivity contribution >= 4 is 32.8 Å². The summed E-state index contributed by atoms with van der Waals surface area (Å²) in [6.45, 7) is 9.90. The number of ether oxygens (including phenoxy) is 1. The van der Waals surface area contributed by atoms with E-state index in [9.17, 15) is 2.74 Å². The van der Waals surface area contributed by atoms with Gasteiger partial charge in [0.1, 0.15) is 5.82 Å². The largest absolute Gasteiger partial charge is 0.510 e. The zero-order chi connectivity index (χ0) is 57.9. The maximum atomic E-state index is 9.32. The zero-order valence-electron chi connectivity index (χ0n) is 51.6. The molecule has 0 aliphatic rings. The van der Waals surface area contributed by atoms with Gasteiger partial charge in [-0.25, -0.2) is 4.98 Å². The molecule has 0 aliphatic heterocycles. The number of imidazole rings is 1. The Labute approximate surface area is 437 Å². The summed E-state index contributed by atoms with van der Waals surface area (Å²) in [5.74, 6) is 0.775. The third-order valence-corrected chi connectivity index (χ3v) is 12.2. The standard InChI is InChI=1S/C63H52N4O.Pt/c1-42-34-60(64-40-55(42)44-22-12-9-13-23-44)67-56-29-15-14-28-51(56)52-33-32-50(39-59(52)67)68-49-27-19-26-48(38-49)65-41-66(58-31-17-16-30-57(58)65)61-53(43-20-10-8-11-21-43)36-47(63(5,6)7)37-54(61)45-24-18-25-46(35-45)62(2,3)4;/h8-37,40H,1-7H3;/q-2;/i1D3,8D,9D,10D,11D,12D,13D,20D,21D,22D,23D;. The third kappa shape index (κ3) is 8.51. The van der Waals surface area contributed by atoms with Crippen molar-refractivity contribution in [1.82, 2.24) is 14.1 Å². The Morgan fingerprint density at radius 1 is 0.594 bits per heavy atom. The molecule has 0 saturated heterocycles. The molecular formula is C63H52N4OPt-2. The Morgan fingerprint density at radius 2 is 1.25 bits per heavy atom. The number of nitrogens with zero attached hydrogens (tertiary/aromatic N) is 4. The number of para-hydroxylation sites is 3. The van der Waals surface area contributed by atoms with E-state index in [0.717, 1.165) is 33.0 Å². The summed E-state index contributed by atoms with van der Waals surface area (Å²) in [6, 6.07) is 39.9. The van der Waals surface area contributed by atoms with Crippen LogP contribution >= 0.6 is 0 Å². The van der Waals surface area contributed by atoms with Gasteiger partial charge >= 0.3 is 0 Å². The van der Waals surface area contributed by atoms with Crippen molar-refractivity contribution in [1.29, 1.82) is 0 Å². The molecule has 3 aromatic heterocycles. The first-order valence-electron chi connectivity index (χ1n) is 28.8. The molecule has 8 aromatic carbocycles. The van der Waals surface area contributed by atoms with Gasteiger partial charge in [0.25, 0.3) is 6.33 Å². The predicted octanol–water partition coefficient (Wildman–Crippen LogP) is 15.5. The smallest absolute Gasteiger partial charge is 0.268 e. The first kappa shape index (κ1) is 32.4. The van der Waals surface area contributed by atoms with Crippen molar-refractivity contribution in [2.75, 3.05) is 0 Å². The van der Waals surface area contributed by atoms with Gasteiger partial charge in [-0.15, -0.1) is 29.7 Å². The summed E-state index contributed by atoms with van der Waals surface area (Å²) in [4.78, 5) is 4.70. The van der Waals surface area contributed by atoms with Gasteiger partial charge in [-0.3, -0.25) is 4.57 Å². The van der Waals surface area contributed by atoms with E-state index >= 15 is 0 Å². The van der Waals surface area contributed by atoms with Crippen LogP contribution in [0.2, 0.25) is 0 Å². The number of fused-ring (bicyclic) bond motifs is 4. The number of hydrogen-bond donors (Lipinski definition) is 0. The molecular weight excluding hydrogens is 1020 g/mol. The molecule has 69 heavy (non-hydrogen) atoms. The van der Waals surface area contributed by atoms with Crippen LogP contribution in [0, 0.1) is 25.3 Å². The van der Waals surface area contributed by atoms with E-state index < -0.39 is 60.6 Å². The van der Waals surface area contributed by atoms with E-state index in [1.165, 1.54) is 12.3 Å². The Bertz CT molecular complexity index is 4360. The van der Waals surface area contributed by atoms with E-state index in [0.29, 0.717) is 44.8 Å². The van der Waals surface area contributed by atoms with Gasteiger partial charge in [0.15, 0.2) is 0 Å². The fourth-order valence-electron chi connectivity index (χ4n) is 8.73. The first-order chi connectivity index (χ1) is 38.2. The maximum Gasteiger partial charge on any atom is 0.268 e. The van der Waals surface area contributed by atoms with E-state index in [-0.39, 0.29) is 72.4 Å².